The van der Waals surface area contributed by atoms with Crippen molar-refractivity contribution in [2.24, 2.45) is 0 Å². The van der Waals surface area contributed by atoms with Crippen LogP contribution in [0.5, 0.6) is 5.75 Å². The van der Waals surface area contributed by atoms with Crippen molar-refractivity contribution in [1.82, 2.24) is 4.90 Å². The molecule has 0 fully saturated rings. The van der Waals surface area contributed by atoms with E-state index in [1.54, 1.807) is 24.3 Å². The second kappa shape index (κ2) is 9.60. The molecular weight excluding hydrogens is 349 g/mol. The van der Waals surface area contributed by atoms with Crippen LogP contribution in [0.3, 0.4) is 0 Å². The van der Waals surface area contributed by atoms with Crippen LogP contribution in [0.2, 0.25) is 0 Å². The van der Waals surface area contributed by atoms with Crippen molar-refractivity contribution >= 4 is 24.3 Å². The predicted octanol–water partition coefficient (Wildman–Crippen LogP) is 3.75. The second-order valence-electron chi connectivity index (χ2n) is 6.95. The fraction of sp³-hybridized carbons (Fsp3) is 0.348. The molecule has 0 spiro atoms. The van der Waals surface area contributed by atoms with E-state index in [1.807, 2.05) is 18.2 Å². The first-order valence-electron chi connectivity index (χ1n) is 9.89. The van der Waals surface area contributed by atoms with E-state index in [-0.39, 0.29) is 5.43 Å². The third-order valence-electron chi connectivity index (χ3n) is 4.72. The van der Waals surface area contributed by atoms with Crippen molar-refractivity contribution in [2.45, 2.75) is 26.7 Å². The summed E-state index contributed by atoms with van der Waals surface area (Å²) in [5, 5.41) is 0.542. The zero-order valence-corrected chi connectivity index (χ0v) is 16.6. The van der Waals surface area contributed by atoms with Gasteiger partial charge in [0.15, 0.2) is 5.43 Å². The van der Waals surface area contributed by atoms with Crippen molar-refractivity contribution < 1.29 is 9.15 Å². The van der Waals surface area contributed by atoms with Crippen LogP contribution >= 0.6 is 0 Å². The van der Waals surface area contributed by atoms with E-state index in [2.05, 4.69) is 18.7 Å². The molecule has 144 valence electrons. The molecule has 0 aliphatic carbocycles. The molecule has 1 aromatic heterocycles. The first kappa shape index (κ1) is 20.2. The summed E-state index contributed by atoms with van der Waals surface area (Å²) in [5.41, 5.74) is 2.44. The van der Waals surface area contributed by atoms with Gasteiger partial charge in [-0.15, -0.1) is 0 Å². The average molecular weight is 375 g/mol. The molecule has 0 unspecified atom stereocenters. The number of ether oxygens (including phenoxy) is 1. The smallest absolute Gasteiger partial charge is 0.200 e. The Morgan fingerprint density at radius 2 is 1.71 bits per heavy atom. The highest BCUT2D eigenvalue weighted by molar-refractivity contribution is 6.32. The Morgan fingerprint density at radius 3 is 2.39 bits per heavy atom. The van der Waals surface area contributed by atoms with Crippen LogP contribution in [0.15, 0.2) is 57.9 Å². The highest BCUT2D eigenvalue weighted by Crippen LogP contribution is 2.22. The standard InChI is InChI=1S/C23H26BNO3/c1-3-11-25(12-4-2)13-14-27-19-9-10-20-22(15-19)28-16-21(23(20)26)17-5-7-18(24)8-6-17/h5-10,15-16H,3-4,11-14H2,1-2H3. The molecule has 5 heteroatoms. The SMILES string of the molecule is [B]c1ccc(-c2coc3cc(OCCN(CCC)CCC)ccc3c2=O)cc1. The lowest BCUT2D eigenvalue weighted by Crippen LogP contribution is -2.30. The van der Waals surface area contributed by atoms with Crippen LogP contribution in [-0.4, -0.2) is 39.0 Å². The van der Waals surface area contributed by atoms with Crippen molar-refractivity contribution in [2.75, 3.05) is 26.2 Å². The zero-order chi connectivity index (χ0) is 19.9. The van der Waals surface area contributed by atoms with E-state index in [1.165, 1.54) is 6.26 Å². The van der Waals surface area contributed by atoms with Crippen molar-refractivity contribution in [3.05, 3.63) is 59.0 Å². The van der Waals surface area contributed by atoms with Gasteiger partial charge in [0.05, 0.1) is 10.9 Å². The van der Waals surface area contributed by atoms with Gasteiger partial charge in [-0.05, 0) is 43.6 Å². The molecule has 3 rings (SSSR count). The Balaban J connectivity index is 1.74. The summed E-state index contributed by atoms with van der Waals surface area (Å²) in [7, 11) is 5.72. The molecule has 1 heterocycles. The monoisotopic (exact) mass is 375 g/mol. The minimum atomic E-state index is -0.0605. The molecular formula is C23H26BNO3. The summed E-state index contributed by atoms with van der Waals surface area (Å²) in [4.78, 5) is 15.2. The normalized spacial score (nSPS) is 11.2. The van der Waals surface area contributed by atoms with Gasteiger partial charge in [-0.3, -0.25) is 9.69 Å². The van der Waals surface area contributed by atoms with Crippen LogP contribution in [0, 0.1) is 0 Å². The molecule has 0 aliphatic heterocycles. The van der Waals surface area contributed by atoms with Crippen LogP contribution < -0.4 is 15.6 Å². The number of hydrogen-bond acceptors (Lipinski definition) is 4. The van der Waals surface area contributed by atoms with E-state index in [0.717, 1.165) is 38.0 Å². The minimum absolute atomic E-state index is 0.0605. The molecule has 0 atom stereocenters. The molecule has 3 aromatic rings. The molecule has 0 aliphatic rings. The largest absolute Gasteiger partial charge is 0.492 e. The molecule has 0 saturated carbocycles. The molecule has 28 heavy (non-hydrogen) atoms. The van der Waals surface area contributed by atoms with Crippen LogP contribution in [0.1, 0.15) is 26.7 Å². The summed E-state index contributed by atoms with van der Waals surface area (Å²) in [6.07, 6.45) is 3.78. The molecule has 2 radical (unpaired) electrons. The van der Waals surface area contributed by atoms with E-state index in [9.17, 15) is 4.79 Å². The number of hydrogen-bond donors (Lipinski definition) is 0. The van der Waals surface area contributed by atoms with Gasteiger partial charge in [0, 0.05) is 12.6 Å². The zero-order valence-electron chi connectivity index (χ0n) is 16.6. The first-order chi connectivity index (χ1) is 13.6. The van der Waals surface area contributed by atoms with Crippen molar-refractivity contribution in [3.8, 4) is 16.9 Å². The maximum Gasteiger partial charge on any atom is 0.200 e. The molecule has 0 bridgehead atoms. The second-order valence-corrected chi connectivity index (χ2v) is 6.95. The summed E-state index contributed by atoms with van der Waals surface area (Å²) < 4.78 is 11.6. The number of nitrogens with zero attached hydrogens (tertiary/aromatic N) is 1. The van der Waals surface area contributed by atoms with Gasteiger partial charge in [0.25, 0.3) is 0 Å². The quantitative estimate of drug-likeness (QED) is 0.534. The lowest BCUT2D eigenvalue weighted by molar-refractivity contribution is 0.209. The van der Waals surface area contributed by atoms with E-state index in [4.69, 9.17) is 17.0 Å². The maximum absolute atomic E-state index is 12.8. The molecule has 4 nitrogen and oxygen atoms in total. The van der Waals surface area contributed by atoms with Gasteiger partial charge < -0.3 is 9.15 Å². The molecule has 2 aromatic carbocycles. The Kier molecular flexibility index (Phi) is 6.93. The Morgan fingerprint density at radius 1 is 1.00 bits per heavy atom. The maximum atomic E-state index is 12.8. The Bertz CT molecular complexity index is 960. The van der Waals surface area contributed by atoms with Gasteiger partial charge in [0.1, 0.15) is 32.0 Å². The number of benzene rings is 2. The third-order valence-corrected chi connectivity index (χ3v) is 4.72. The summed E-state index contributed by atoms with van der Waals surface area (Å²) in [6, 6.07) is 12.6. The van der Waals surface area contributed by atoms with Crippen LogP contribution in [0.4, 0.5) is 0 Å². The highest BCUT2D eigenvalue weighted by atomic mass is 16.5. The van der Waals surface area contributed by atoms with Gasteiger partial charge in [-0.1, -0.05) is 43.6 Å². The predicted molar refractivity (Wildman–Crippen MR) is 116 cm³/mol. The Hall–Kier alpha value is -2.53. The highest BCUT2D eigenvalue weighted by Gasteiger charge is 2.10. The summed E-state index contributed by atoms with van der Waals surface area (Å²) in [5.74, 6) is 0.712. The average Bonchev–Trinajstić information content (AvgIpc) is 2.69. The molecule has 0 amide bonds. The topological polar surface area (TPSA) is 42.7 Å². The van der Waals surface area contributed by atoms with Gasteiger partial charge in [0.2, 0.25) is 0 Å². The third kappa shape index (κ3) is 4.84. The van der Waals surface area contributed by atoms with Gasteiger partial charge in [-0.2, -0.15) is 0 Å². The van der Waals surface area contributed by atoms with Gasteiger partial charge in [-0.25, -0.2) is 0 Å². The van der Waals surface area contributed by atoms with Crippen LogP contribution in [-0.2, 0) is 0 Å². The molecule has 0 N–H and O–H groups in total. The van der Waals surface area contributed by atoms with Crippen molar-refractivity contribution in [3.63, 3.8) is 0 Å². The number of fused-ring (bicyclic) bond motifs is 1. The summed E-state index contributed by atoms with van der Waals surface area (Å²) >= 11 is 0. The lowest BCUT2D eigenvalue weighted by atomic mass is 9.94. The summed E-state index contributed by atoms with van der Waals surface area (Å²) in [6.45, 7) is 8.04. The van der Waals surface area contributed by atoms with Crippen LogP contribution in [0.25, 0.3) is 22.1 Å². The van der Waals surface area contributed by atoms with E-state index < -0.39 is 0 Å². The number of rotatable bonds is 9. The fourth-order valence-electron chi connectivity index (χ4n) is 3.32. The lowest BCUT2D eigenvalue weighted by Gasteiger charge is -2.20. The van der Waals surface area contributed by atoms with E-state index >= 15 is 0 Å². The Labute approximate surface area is 167 Å². The first-order valence-corrected chi connectivity index (χ1v) is 9.89. The fourth-order valence-corrected chi connectivity index (χ4v) is 3.32. The van der Waals surface area contributed by atoms with Crippen molar-refractivity contribution in [1.29, 1.82) is 0 Å². The van der Waals surface area contributed by atoms with Gasteiger partial charge >= 0.3 is 0 Å². The molecule has 0 saturated heterocycles. The minimum Gasteiger partial charge on any atom is -0.492 e. The van der Waals surface area contributed by atoms with E-state index in [0.29, 0.717) is 34.4 Å².